The number of nitro benzene ring substituents is 1. The number of carboxylic acid groups (broad SMARTS) is 1. The topological polar surface area (TPSA) is 89.7 Å². The quantitative estimate of drug-likeness (QED) is 0.654. The highest BCUT2D eigenvalue weighted by Crippen LogP contribution is 2.29. The Labute approximate surface area is 111 Å². The zero-order valence-electron chi connectivity index (χ0n) is 11.2. The van der Waals surface area contributed by atoms with Crippen LogP contribution < -0.4 is 4.74 Å². The predicted molar refractivity (Wildman–Crippen MR) is 69.6 cm³/mol. The molecule has 0 amide bonds. The fraction of sp³-hybridized carbons (Fsp3) is 0.462. The van der Waals surface area contributed by atoms with Gasteiger partial charge in [-0.25, -0.2) is 4.79 Å². The van der Waals surface area contributed by atoms with Crippen molar-refractivity contribution in [2.24, 2.45) is 5.41 Å². The minimum Gasteiger partial charge on any atom is -0.487 e. The molecule has 6 heteroatoms. The summed E-state index contributed by atoms with van der Waals surface area (Å²) in [4.78, 5) is 21.1. The Kier molecular flexibility index (Phi) is 4.47. The number of carbonyl (C=O) groups is 1. The fourth-order valence-electron chi connectivity index (χ4n) is 1.38. The van der Waals surface area contributed by atoms with Crippen LogP contribution in [0.5, 0.6) is 5.75 Å². The van der Waals surface area contributed by atoms with Crippen LogP contribution in [0, 0.1) is 15.5 Å². The number of hydrogen-bond donors (Lipinski definition) is 1. The molecule has 1 rings (SSSR count). The summed E-state index contributed by atoms with van der Waals surface area (Å²) in [6.45, 7) is 6.38. The highest BCUT2D eigenvalue weighted by atomic mass is 16.6. The summed E-state index contributed by atoms with van der Waals surface area (Å²) >= 11 is 0. The van der Waals surface area contributed by atoms with Gasteiger partial charge in [-0.3, -0.25) is 10.1 Å². The molecule has 0 atom stereocenters. The van der Waals surface area contributed by atoms with Crippen LogP contribution in [0.25, 0.3) is 0 Å². The van der Waals surface area contributed by atoms with Crippen molar-refractivity contribution < 1.29 is 19.6 Å². The third-order valence-electron chi connectivity index (χ3n) is 2.51. The van der Waals surface area contributed by atoms with Crippen molar-refractivity contribution in [3.8, 4) is 5.75 Å². The Hall–Kier alpha value is -2.11. The summed E-state index contributed by atoms with van der Waals surface area (Å²) in [6.07, 6.45) is 0.710. The molecule has 1 aromatic carbocycles. The minimum atomic E-state index is -1.14. The van der Waals surface area contributed by atoms with E-state index in [4.69, 9.17) is 9.84 Å². The second-order valence-electron chi connectivity index (χ2n) is 5.40. The maximum atomic E-state index is 10.8. The van der Waals surface area contributed by atoms with Gasteiger partial charge < -0.3 is 9.84 Å². The van der Waals surface area contributed by atoms with Crippen molar-refractivity contribution in [2.75, 3.05) is 6.61 Å². The van der Waals surface area contributed by atoms with Crippen LogP contribution >= 0.6 is 0 Å². The maximum Gasteiger partial charge on any atom is 0.335 e. The van der Waals surface area contributed by atoms with Gasteiger partial charge in [0.05, 0.1) is 17.1 Å². The molecule has 0 aliphatic heterocycles. The first-order chi connectivity index (χ1) is 8.70. The van der Waals surface area contributed by atoms with Crippen LogP contribution in [0.4, 0.5) is 5.69 Å². The molecular weight excluding hydrogens is 250 g/mol. The number of rotatable bonds is 5. The summed E-state index contributed by atoms with van der Waals surface area (Å²) in [7, 11) is 0. The zero-order valence-corrected chi connectivity index (χ0v) is 11.2. The van der Waals surface area contributed by atoms with Gasteiger partial charge in [0.1, 0.15) is 0 Å². The van der Waals surface area contributed by atoms with Crippen molar-refractivity contribution in [2.45, 2.75) is 27.2 Å². The lowest BCUT2D eigenvalue weighted by Crippen LogP contribution is -2.12. The largest absolute Gasteiger partial charge is 0.487 e. The Balaban J connectivity index is 2.92. The molecule has 0 aromatic heterocycles. The molecule has 1 aromatic rings. The standard InChI is InChI=1S/C13H17NO5/c1-13(2,3)6-7-19-11-8-9(12(15)16)4-5-10(11)14(17)18/h4-5,8H,6-7H2,1-3H3,(H,15,16). The van der Waals surface area contributed by atoms with Gasteiger partial charge in [-0.2, -0.15) is 0 Å². The first kappa shape index (κ1) is 14.9. The van der Waals surface area contributed by atoms with Crippen LogP contribution in [0.1, 0.15) is 37.6 Å². The minimum absolute atomic E-state index is 0.00542. The number of benzene rings is 1. The monoisotopic (exact) mass is 267 g/mol. The molecule has 0 aliphatic carbocycles. The lowest BCUT2D eigenvalue weighted by atomic mass is 9.93. The molecule has 19 heavy (non-hydrogen) atoms. The second-order valence-corrected chi connectivity index (χ2v) is 5.40. The van der Waals surface area contributed by atoms with E-state index in [0.717, 1.165) is 6.07 Å². The number of nitrogens with zero attached hydrogens (tertiary/aromatic N) is 1. The van der Waals surface area contributed by atoms with Crippen LogP contribution in [-0.4, -0.2) is 22.6 Å². The molecule has 0 fully saturated rings. The molecule has 0 bridgehead atoms. The third kappa shape index (κ3) is 4.57. The van der Waals surface area contributed by atoms with Crippen molar-refractivity contribution in [3.63, 3.8) is 0 Å². The van der Waals surface area contributed by atoms with E-state index in [-0.39, 0.29) is 22.4 Å². The molecule has 104 valence electrons. The third-order valence-corrected chi connectivity index (χ3v) is 2.51. The molecule has 0 saturated carbocycles. The molecule has 6 nitrogen and oxygen atoms in total. The van der Waals surface area contributed by atoms with E-state index < -0.39 is 10.9 Å². The lowest BCUT2D eigenvalue weighted by Gasteiger charge is -2.18. The molecule has 0 heterocycles. The average Bonchev–Trinajstić information content (AvgIpc) is 2.26. The van der Waals surface area contributed by atoms with Gasteiger partial charge in [-0.1, -0.05) is 20.8 Å². The fourth-order valence-corrected chi connectivity index (χ4v) is 1.38. The van der Waals surface area contributed by atoms with Gasteiger partial charge in [-0.15, -0.1) is 0 Å². The van der Waals surface area contributed by atoms with Gasteiger partial charge in [-0.05, 0) is 17.9 Å². The summed E-state index contributed by atoms with van der Waals surface area (Å²) in [5, 5.41) is 19.7. The molecule has 0 saturated heterocycles. The summed E-state index contributed by atoms with van der Waals surface area (Å²) in [5.74, 6) is -1.15. The van der Waals surface area contributed by atoms with E-state index in [2.05, 4.69) is 0 Å². The van der Waals surface area contributed by atoms with Crippen LogP contribution in [0.2, 0.25) is 0 Å². The van der Waals surface area contributed by atoms with Gasteiger partial charge in [0, 0.05) is 12.1 Å². The van der Waals surface area contributed by atoms with Gasteiger partial charge >= 0.3 is 11.7 Å². The van der Waals surface area contributed by atoms with E-state index >= 15 is 0 Å². The molecule has 0 radical (unpaired) electrons. The van der Waals surface area contributed by atoms with Crippen molar-refractivity contribution in [1.29, 1.82) is 0 Å². The number of nitro groups is 1. The van der Waals surface area contributed by atoms with Crippen molar-refractivity contribution in [3.05, 3.63) is 33.9 Å². The van der Waals surface area contributed by atoms with Crippen molar-refractivity contribution in [1.82, 2.24) is 0 Å². The van der Waals surface area contributed by atoms with E-state index in [1.807, 2.05) is 20.8 Å². The smallest absolute Gasteiger partial charge is 0.335 e. The highest BCUT2D eigenvalue weighted by molar-refractivity contribution is 5.88. The Morgan fingerprint density at radius 3 is 2.53 bits per heavy atom. The molecule has 0 spiro atoms. The zero-order chi connectivity index (χ0) is 14.6. The Morgan fingerprint density at radius 1 is 1.42 bits per heavy atom. The molecular formula is C13H17NO5. The molecule has 1 N–H and O–H groups in total. The predicted octanol–water partition coefficient (Wildman–Crippen LogP) is 3.11. The first-order valence-corrected chi connectivity index (χ1v) is 5.85. The number of carboxylic acids is 1. The average molecular weight is 267 g/mol. The lowest BCUT2D eigenvalue weighted by molar-refractivity contribution is -0.385. The summed E-state index contributed by atoms with van der Waals surface area (Å²) in [5.41, 5.74) is -0.214. The Morgan fingerprint density at radius 2 is 2.05 bits per heavy atom. The number of aromatic carboxylic acids is 1. The SMILES string of the molecule is CC(C)(C)CCOc1cc(C(=O)O)ccc1[N+](=O)[O-]. The van der Waals surface area contributed by atoms with Gasteiger partial charge in [0.2, 0.25) is 0 Å². The van der Waals surface area contributed by atoms with Crippen LogP contribution in [0.3, 0.4) is 0 Å². The maximum absolute atomic E-state index is 10.8. The second kappa shape index (κ2) is 5.69. The first-order valence-electron chi connectivity index (χ1n) is 5.85. The summed E-state index contributed by atoms with van der Waals surface area (Å²) < 4.78 is 5.36. The van der Waals surface area contributed by atoms with E-state index in [9.17, 15) is 14.9 Å². The molecule has 0 unspecified atom stereocenters. The number of ether oxygens (including phenoxy) is 1. The molecule has 0 aliphatic rings. The van der Waals surface area contributed by atoms with Gasteiger partial charge in [0.25, 0.3) is 0 Å². The van der Waals surface area contributed by atoms with Crippen molar-refractivity contribution >= 4 is 11.7 Å². The normalized spacial score (nSPS) is 11.1. The Bertz CT molecular complexity index is 490. The summed E-state index contributed by atoms with van der Waals surface area (Å²) in [6, 6.07) is 3.52. The van der Waals surface area contributed by atoms with E-state index in [1.54, 1.807) is 0 Å². The van der Waals surface area contributed by atoms with Gasteiger partial charge in [0.15, 0.2) is 5.75 Å². The number of hydrogen-bond acceptors (Lipinski definition) is 4. The highest BCUT2D eigenvalue weighted by Gasteiger charge is 2.19. The van der Waals surface area contributed by atoms with E-state index in [0.29, 0.717) is 13.0 Å². The van der Waals surface area contributed by atoms with E-state index in [1.165, 1.54) is 12.1 Å². The van der Waals surface area contributed by atoms with Crippen LogP contribution in [0.15, 0.2) is 18.2 Å². The van der Waals surface area contributed by atoms with Crippen LogP contribution in [-0.2, 0) is 0 Å².